The first-order chi connectivity index (χ1) is 9.40. The molecule has 0 unspecified atom stereocenters. The molecule has 0 aliphatic carbocycles. The molecule has 20 heavy (non-hydrogen) atoms. The Hall–Kier alpha value is -2.09. The molecule has 0 saturated heterocycles. The van der Waals surface area contributed by atoms with Crippen LogP contribution in [-0.2, 0) is 10.0 Å². The van der Waals surface area contributed by atoms with Crippen LogP contribution in [0.4, 0.5) is 13.2 Å². The first-order valence-electron chi connectivity index (χ1n) is 5.44. The van der Waals surface area contributed by atoms with E-state index in [1.54, 1.807) is 0 Å². The molecule has 106 valence electrons. The molecule has 0 N–H and O–H groups in total. The Kier molecular flexibility index (Phi) is 3.93. The van der Waals surface area contributed by atoms with E-state index in [4.69, 9.17) is 0 Å². The second-order valence-electron chi connectivity index (χ2n) is 3.85. The minimum absolute atomic E-state index is 0.237. The van der Waals surface area contributed by atoms with Crippen molar-refractivity contribution in [2.24, 2.45) is 0 Å². The summed E-state index contributed by atoms with van der Waals surface area (Å²) in [6, 6.07) is 2.50. The lowest BCUT2D eigenvalue weighted by molar-refractivity contribution is 0.494. The van der Waals surface area contributed by atoms with Gasteiger partial charge in [-0.1, -0.05) is 12.2 Å². The van der Waals surface area contributed by atoms with Crippen LogP contribution in [0.25, 0.3) is 6.08 Å². The van der Waals surface area contributed by atoms with Crippen LogP contribution in [0, 0.1) is 17.5 Å². The van der Waals surface area contributed by atoms with Gasteiger partial charge >= 0.3 is 0 Å². The first-order valence-corrected chi connectivity index (χ1v) is 7.05. The van der Waals surface area contributed by atoms with Gasteiger partial charge < -0.3 is 0 Å². The van der Waals surface area contributed by atoms with Crippen LogP contribution in [-0.4, -0.2) is 23.4 Å². The molecule has 0 aliphatic heterocycles. The highest BCUT2D eigenvalue weighted by Gasteiger charge is 2.11. The number of hydrogen-bond donors (Lipinski definition) is 0. The third-order valence-corrected chi connectivity index (χ3v) is 3.81. The highest BCUT2D eigenvalue weighted by Crippen LogP contribution is 2.15. The molecule has 0 fully saturated rings. The fourth-order valence-corrected chi connectivity index (χ4v) is 2.40. The van der Waals surface area contributed by atoms with Gasteiger partial charge in [-0.2, -0.15) is 9.19 Å². The summed E-state index contributed by atoms with van der Waals surface area (Å²) in [5.74, 6) is -3.94. The molecule has 0 radical (unpaired) electrons. The molecular formula is C12H9F3N2O2S. The van der Waals surface area contributed by atoms with Crippen molar-refractivity contribution in [1.29, 1.82) is 0 Å². The van der Waals surface area contributed by atoms with Crippen LogP contribution in [0.5, 0.6) is 0 Å². The van der Waals surface area contributed by atoms with E-state index in [0.717, 1.165) is 16.2 Å². The smallest absolute Gasteiger partial charge is 0.206 e. The molecule has 2 aromatic rings. The van der Waals surface area contributed by atoms with E-state index < -0.39 is 33.2 Å². The Bertz CT molecular complexity index is 740. The summed E-state index contributed by atoms with van der Waals surface area (Å²) in [7, 11) is -3.69. The molecule has 4 nitrogen and oxygen atoms in total. The predicted molar refractivity (Wildman–Crippen MR) is 66.8 cm³/mol. The zero-order valence-corrected chi connectivity index (χ0v) is 10.8. The van der Waals surface area contributed by atoms with Gasteiger partial charge in [0.05, 0.1) is 11.9 Å². The van der Waals surface area contributed by atoms with Crippen molar-refractivity contribution >= 4 is 16.1 Å². The molecule has 0 spiro atoms. The third-order valence-electron chi connectivity index (χ3n) is 2.41. The van der Waals surface area contributed by atoms with E-state index in [9.17, 15) is 21.6 Å². The number of nitrogens with zero attached hydrogens (tertiary/aromatic N) is 2. The van der Waals surface area contributed by atoms with Crippen LogP contribution in [0.1, 0.15) is 5.56 Å². The molecule has 0 amide bonds. The fourth-order valence-electron chi connectivity index (χ4n) is 1.46. The molecule has 1 heterocycles. The molecular weight excluding hydrogens is 293 g/mol. The largest absolute Gasteiger partial charge is 0.257 e. The van der Waals surface area contributed by atoms with Gasteiger partial charge in [-0.05, 0) is 12.1 Å². The van der Waals surface area contributed by atoms with Crippen molar-refractivity contribution < 1.29 is 21.6 Å². The summed E-state index contributed by atoms with van der Waals surface area (Å²) < 4.78 is 63.1. The quantitative estimate of drug-likeness (QED) is 0.814. The Balaban J connectivity index is 2.17. The molecule has 0 atom stereocenters. The second kappa shape index (κ2) is 5.49. The summed E-state index contributed by atoms with van der Waals surface area (Å²) in [4.78, 5) is 0. The molecule has 0 aliphatic rings. The Morgan fingerprint density at radius 2 is 1.85 bits per heavy atom. The van der Waals surface area contributed by atoms with Gasteiger partial charge in [0.15, 0.2) is 11.6 Å². The number of hydrogen-bond acceptors (Lipinski definition) is 3. The lowest BCUT2D eigenvalue weighted by Crippen LogP contribution is -2.15. The highest BCUT2D eigenvalue weighted by atomic mass is 32.2. The molecule has 0 bridgehead atoms. The van der Waals surface area contributed by atoms with Crippen molar-refractivity contribution in [3.8, 4) is 0 Å². The summed E-state index contributed by atoms with van der Waals surface area (Å²) in [5.41, 5.74) is -0.237. The van der Waals surface area contributed by atoms with Gasteiger partial charge in [0.1, 0.15) is 5.82 Å². The minimum atomic E-state index is -3.69. The number of rotatable bonds is 4. The number of aromatic nitrogens is 2. The minimum Gasteiger partial charge on any atom is -0.206 e. The lowest BCUT2D eigenvalue weighted by Gasteiger charge is -2.01. The third kappa shape index (κ3) is 3.08. The van der Waals surface area contributed by atoms with E-state index in [2.05, 4.69) is 5.10 Å². The fraction of sp³-hybridized carbons (Fsp3) is 0.0833. The van der Waals surface area contributed by atoms with E-state index in [1.165, 1.54) is 18.5 Å². The van der Waals surface area contributed by atoms with Crippen molar-refractivity contribution in [2.45, 2.75) is 0 Å². The summed E-state index contributed by atoms with van der Waals surface area (Å²) in [5, 5.41) is 3.57. The van der Waals surface area contributed by atoms with Crippen molar-refractivity contribution in [1.82, 2.24) is 9.19 Å². The summed E-state index contributed by atoms with van der Waals surface area (Å²) in [6.07, 6.45) is 4.75. The van der Waals surface area contributed by atoms with Gasteiger partial charge in [0.25, 0.3) is 10.0 Å². The maximum absolute atomic E-state index is 13.3. The second-order valence-corrected chi connectivity index (χ2v) is 5.72. The van der Waals surface area contributed by atoms with E-state index in [0.29, 0.717) is 12.1 Å². The molecule has 1 aromatic heterocycles. The maximum atomic E-state index is 13.3. The SMILES string of the molecule is O=S(=O)(CC=Cc1cc(F)c(F)cc1F)n1cccn1. The van der Waals surface area contributed by atoms with Gasteiger partial charge in [-0.15, -0.1) is 0 Å². The summed E-state index contributed by atoms with van der Waals surface area (Å²) in [6.45, 7) is 0. The van der Waals surface area contributed by atoms with Crippen LogP contribution in [0.15, 0.2) is 36.7 Å². The molecule has 1 aromatic carbocycles. The Labute approximate surface area is 113 Å². The van der Waals surface area contributed by atoms with Crippen molar-refractivity contribution in [3.05, 3.63) is 59.7 Å². The standard InChI is InChI=1S/C12H9F3N2O2S/c13-10-8-12(15)11(14)7-9(10)3-1-6-20(18,19)17-5-2-4-16-17/h1-5,7-8H,6H2. The van der Waals surface area contributed by atoms with Crippen LogP contribution in [0.2, 0.25) is 0 Å². The zero-order valence-electron chi connectivity index (χ0n) is 10.0. The van der Waals surface area contributed by atoms with E-state index in [-0.39, 0.29) is 5.56 Å². The topological polar surface area (TPSA) is 52.0 Å². The molecule has 0 saturated carbocycles. The van der Waals surface area contributed by atoms with Gasteiger partial charge in [-0.3, -0.25) is 0 Å². The average molecular weight is 302 g/mol. The van der Waals surface area contributed by atoms with E-state index in [1.807, 2.05) is 0 Å². The number of benzene rings is 1. The maximum Gasteiger partial charge on any atom is 0.257 e. The summed E-state index contributed by atoms with van der Waals surface area (Å²) >= 11 is 0. The van der Waals surface area contributed by atoms with Crippen LogP contribution < -0.4 is 0 Å². The average Bonchev–Trinajstić information content (AvgIpc) is 2.90. The number of halogens is 3. The lowest BCUT2D eigenvalue weighted by atomic mass is 10.2. The predicted octanol–water partition coefficient (Wildman–Crippen LogP) is 2.19. The van der Waals surface area contributed by atoms with Gasteiger partial charge in [0.2, 0.25) is 0 Å². The van der Waals surface area contributed by atoms with Crippen molar-refractivity contribution in [3.63, 3.8) is 0 Å². The Morgan fingerprint density at radius 3 is 2.50 bits per heavy atom. The van der Waals surface area contributed by atoms with Gasteiger partial charge in [-0.25, -0.2) is 21.6 Å². The Morgan fingerprint density at radius 1 is 1.15 bits per heavy atom. The highest BCUT2D eigenvalue weighted by molar-refractivity contribution is 7.89. The van der Waals surface area contributed by atoms with Crippen LogP contribution >= 0.6 is 0 Å². The van der Waals surface area contributed by atoms with Gasteiger partial charge in [0, 0.05) is 17.8 Å². The van der Waals surface area contributed by atoms with E-state index >= 15 is 0 Å². The molecule has 2 rings (SSSR count). The van der Waals surface area contributed by atoms with Crippen molar-refractivity contribution in [2.75, 3.05) is 5.75 Å². The molecule has 8 heteroatoms. The first kappa shape index (κ1) is 14.3. The van der Waals surface area contributed by atoms with Crippen LogP contribution in [0.3, 0.4) is 0 Å². The monoisotopic (exact) mass is 302 g/mol. The zero-order chi connectivity index (χ0) is 14.8. The normalized spacial score (nSPS) is 12.2.